The monoisotopic (exact) mass is 1680 g/mol. The molecule has 14 aromatic carbocycles. The molecule has 0 saturated carbocycles. The van der Waals surface area contributed by atoms with E-state index in [-0.39, 0.29) is 5.41 Å². The van der Waals surface area contributed by atoms with Gasteiger partial charge in [0.15, 0.2) is 0 Å². The van der Waals surface area contributed by atoms with Crippen LogP contribution in [-0.4, -0.2) is 6.61 Å². The number of benzene rings is 14. The van der Waals surface area contributed by atoms with Crippen LogP contribution in [0.3, 0.4) is 0 Å². The third-order valence-electron chi connectivity index (χ3n) is 21.2. The van der Waals surface area contributed by atoms with Crippen molar-refractivity contribution in [3.63, 3.8) is 0 Å². The van der Waals surface area contributed by atoms with E-state index < -0.39 is 0 Å². The lowest BCUT2D eigenvalue weighted by atomic mass is 9.87. The SMILES string of the molecule is CC(C)(C)CCCOc1ccccc1.CC(C)(C)Cc1ccc2ccccc2c1.CC(C)(C)c1ccc(Oc2ccccc2)cc1.CC(C)Cc1ccc(Oc2cccc3ccccc23)cc1.Cc1cc(Oc2ccc(CC(C)C)cc2)cc(C)c1C.Cc1cc(Oc2ccc(CC(C)C)cc2)cc(C)c1C.Cc1ccc(Oc2ccc(CC(C)(C)C)cc2)cc1. The van der Waals surface area contributed by atoms with Crippen molar-refractivity contribution in [3.8, 4) is 63.2 Å². The van der Waals surface area contributed by atoms with Gasteiger partial charge in [0.05, 0.1) is 6.61 Å². The molecular weight excluding hydrogens is 1540 g/mol. The molecule has 6 nitrogen and oxygen atoms in total. The molecule has 0 N–H and O–H groups in total. The zero-order valence-electron chi connectivity index (χ0n) is 80.9. The smallest absolute Gasteiger partial charge is 0.135 e. The maximum absolute atomic E-state index is 6.05. The minimum atomic E-state index is 0.186. The summed E-state index contributed by atoms with van der Waals surface area (Å²) in [5, 5.41) is 5.02. The molecule has 0 radical (unpaired) electrons. The number of aryl methyl sites for hydroxylation is 5. The highest BCUT2D eigenvalue weighted by atomic mass is 16.5. The van der Waals surface area contributed by atoms with Gasteiger partial charge in [0.25, 0.3) is 0 Å². The van der Waals surface area contributed by atoms with E-state index in [9.17, 15) is 0 Å². The number of para-hydroxylation sites is 2. The van der Waals surface area contributed by atoms with Crippen LogP contribution in [0, 0.1) is 82.5 Å². The molecule has 0 aliphatic heterocycles. The lowest BCUT2D eigenvalue weighted by Gasteiger charge is -2.19. The summed E-state index contributed by atoms with van der Waals surface area (Å²) in [6, 6.07) is 108. The Morgan fingerprint density at radius 3 is 0.984 bits per heavy atom. The summed E-state index contributed by atoms with van der Waals surface area (Å²) in [5.41, 5.74) is 18.5. The maximum atomic E-state index is 6.05. The van der Waals surface area contributed by atoms with Gasteiger partial charge in [0.2, 0.25) is 0 Å². The molecule has 0 aromatic heterocycles. The summed E-state index contributed by atoms with van der Waals surface area (Å²) < 4.78 is 35.1. The molecule has 0 fully saturated rings. The van der Waals surface area contributed by atoms with E-state index in [2.05, 4.69) is 367 Å². The molecule has 6 heteroatoms. The van der Waals surface area contributed by atoms with E-state index in [0.717, 1.165) is 114 Å². The molecule has 0 aliphatic rings. The zero-order chi connectivity index (χ0) is 91.6. The topological polar surface area (TPSA) is 55.4 Å². The Kier molecular flexibility index (Phi) is 38.6. The van der Waals surface area contributed by atoms with Gasteiger partial charge >= 0.3 is 0 Å². The van der Waals surface area contributed by atoms with Crippen molar-refractivity contribution in [2.24, 2.45) is 34.0 Å². The molecule has 0 spiro atoms. The minimum absolute atomic E-state index is 0.186. The predicted molar refractivity (Wildman–Crippen MR) is 541 cm³/mol. The van der Waals surface area contributed by atoms with Gasteiger partial charge in [-0.05, 0) is 343 Å². The quantitative estimate of drug-likeness (QED) is 0.0630. The molecule has 126 heavy (non-hydrogen) atoms. The van der Waals surface area contributed by atoms with Crippen LogP contribution in [-0.2, 0) is 37.5 Å². The normalized spacial score (nSPS) is 11.2. The van der Waals surface area contributed by atoms with Gasteiger partial charge in [-0.1, -0.05) is 318 Å². The standard InChI is InChI=1S/C20H20O.2C19H24O.C18H22O.C16H18O.C15H18.C13H20O/c1-15(2)14-16-10-12-18(13-11-16)21-20-9-5-7-17-6-3-4-8-19(17)20;2*1-13(2)10-17-6-8-18(9-7-17)20-19-11-14(3)16(5)15(4)12-19;1-14-5-9-16(10-6-14)19-17-11-7-15(8-12-17)13-18(2,3)4;1-16(2,3)13-9-11-15(12-10-13)17-14-7-5-4-6-8-14;1-15(2,3)11-12-8-9-13-6-4-5-7-14(13)10-12;1-13(2,3)10-7-11-14-12-8-5-4-6-9-12/h3-13,15H,14H2,1-2H3;2*6-9,11-13H,10H2,1-5H3;5-12H,13H2,1-4H3;4-12H,1-3H3;4-10H,11H2,1-3H3;4-6,8-9H,7,10-11H2,1-3H3. The van der Waals surface area contributed by atoms with E-state index in [0.29, 0.717) is 34.0 Å². The molecule has 0 amide bonds. The summed E-state index contributed by atoms with van der Waals surface area (Å²) in [5.74, 6) is 12.0. The molecule has 0 heterocycles. The molecule has 0 unspecified atom stereocenters. The van der Waals surface area contributed by atoms with Gasteiger partial charge < -0.3 is 28.4 Å². The van der Waals surface area contributed by atoms with Crippen LogP contribution in [0.4, 0.5) is 0 Å². The summed E-state index contributed by atoms with van der Waals surface area (Å²) >= 11 is 0. The Morgan fingerprint density at radius 1 is 0.254 bits per heavy atom. The Hall–Kier alpha value is -11.6. The average Bonchev–Trinajstić information content (AvgIpc) is 0.848. The van der Waals surface area contributed by atoms with Gasteiger partial charge in [-0.15, -0.1) is 0 Å². The second kappa shape index (κ2) is 48.8. The van der Waals surface area contributed by atoms with E-state index in [1.807, 2.05) is 121 Å². The van der Waals surface area contributed by atoms with E-state index in [1.165, 1.54) is 94.9 Å². The van der Waals surface area contributed by atoms with E-state index in [4.69, 9.17) is 28.4 Å². The zero-order valence-corrected chi connectivity index (χ0v) is 80.9. The largest absolute Gasteiger partial charge is 0.494 e. The number of fused-ring (bicyclic) bond motifs is 2. The molecule has 0 bridgehead atoms. The Bertz CT molecular complexity index is 5340. The lowest BCUT2D eigenvalue weighted by molar-refractivity contribution is 0.269. The Morgan fingerprint density at radius 2 is 0.579 bits per heavy atom. The van der Waals surface area contributed by atoms with Crippen molar-refractivity contribution in [1.29, 1.82) is 0 Å². The fourth-order valence-electron chi connectivity index (χ4n) is 14.2. The van der Waals surface area contributed by atoms with Gasteiger partial charge in [0.1, 0.15) is 63.2 Å². The Labute approximate surface area is 760 Å². The van der Waals surface area contributed by atoms with Crippen molar-refractivity contribution in [3.05, 3.63) is 388 Å². The average molecular weight is 1680 g/mol. The summed E-state index contributed by atoms with van der Waals surface area (Å²) in [6.45, 7) is 56.1. The first kappa shape index (κ1) is 99.8. The third-order valence-corrected chi connectivity index (χ3v) is 21.2. The van der Waals surface area contributed by atoms with Crippen LogP contribution < -0.4 is 28.4 Å². The first-order chi connectivity index (χ1) is 59.7. The van der Waals surface area contributed by atoms with Crippen LogP contribution in [0.25, 0.3) is 21.5 Å². The molecule has 0 atom stereocenters. The fraction of sp³-hybridized carbons (Fsp3) is 0.333. The van der Waals surface area contributed by atoms with Gasteiger partial charge in [-0.2, -0.15) is 0 Å². The van der Waals surface area contributed by atoms with Gasteiger partial charge in [-0.25, -0.2) is 0 Å². The number of ether oxygens (including phenoxy) is 6. The first-order valence-electron chi connectivity index (χ1n) is 45.5. The van der Waals surface area contributed by atoms with Crippen molar-refractivity contribution in [2.75, 3.05) is 6.61 Å². The second-order valence-electron chi connectivity index (χ2n) is 39.6. The molecule has 662 valence electrons. The highest BCUT2D eigenvalue weighted by Crippen LogP contribution is 2.35. The summed E-state index contributed by atoms with van der Waals surface area (Å²) in [6.07, 6.45) is 7.88. The second-order valence-corrected chi connectivity index (χ2v) is 39.6. The Balaban J connectivity index is 0.000000183. The van der Waals surface area contributed by atoms with Crippen LogP contribution in [0.2, 0.25) is 0 Å². The number of rotatable bonds is 22. The summed E-state index contributed by atoms with van der Waals surface area (Å²) in [4.78, 5) is 0. The molecule has 14 rings (SSSR count). The fourth-order valence-corrected chi connectivity index (χ4v) is 14.2. The molecule has 14 aromatic rings. The molecule has 0 aliphatic carbocycles. The van der Waals surface area contributed by atoms with Crippen molar-refractivity contribution in [1.82, 2.24) is 0 Å². The summed E-state index contributed by atoms with van der Waals surface area (Å²) in [7, 11) is 0. The van der Waals surface area contributed by atoms with Crippen LogP contribution in [0.5, 0.6) is 63.2 Å². The highest BCUT2D eigenvalue weighted by Gasteiger charge is 2.17. The third kappa shape index (κ3) is 37.3. The van der Waals surface area contributed by atoms with E-state index >= 15 is 0 Å². The van der Waals surface area contributed by atoms with Crippen molar-refractivity contribution in [2.45, 2.75) is 223 Å². The van der Waals surface area contributed by atoms with E-state index in [1.54, 1.807) is 0 Å². The van der Waals surface area contributed by atoms with Gasteiger partial charge in [0, 0.05) is 5.39 Å². The molecule has 0 saturated heterocycles. The maximum Gasteiger partial charge on any atom is 0.135 e. The highest BCUT2D eigenvalue weighted by molar-refractivity contribution is 5.88. The molecular formula is C120H146O6. The minimum Gasteiger partial charge on any atom is -0.494 e. The van der Waals surface area contributed by atoms with Crippen LogP contribution in [0.15, 0.2) is 315 Å². The van der Waals surface area contributed by atoms with Crippen molar-refractivity contribution < 1.29 is 28.4 Å². The first-order valence-corrected chi connectivity index (χ1v) is 45.5. The number of hydrogen-bond acceptors (Lipinski definition) is 6. The predicted octanol–water partition coefficient (Wildman–Crippen LogP) is 35.5. The lowest BCUT2D eigenvalue weighted by Crippen LogP contribution is -2.10. The van der Waals surface area contributed by atoms with Crippen LogP contribution >= 0.6 is 0 Å². The van der Waals surface area contributed by atoms with Crippen LogP contribution in [0.1, 0.15) is 210 Å². The number of hydrogen-bond donors (Lipinski definition) is 0. The van der Waals surface area contributed by atoms with Crippen molar-refractivity contribution >= 4 is 21.5 Å². The van der Waals surface area contributed by atoms with Gasteiger partial charge in [-0.3, -0.25) is 0 Å².